The summed E-state index contributed by atoms with van der Waals surface area (Å²) in [7, 11) is 0. The predicted octanol–water partition coefficient (Wildman–Crippen LogP) is 2.00. The molecule has 2 amide bonds. The van der Waals surface area contributed by atoms with Crippen LogP contribution in [0.25, 0.3) is 6.08 Å². The zero-order chi connectivity index (χ0) is 14.5. The lowest BCUT2D eigenvalue weighted by Crippen LogP contribution is -2.47. The zero-order valence-corrected chi connectivity index (χ0v) is 12.2. The third-order valence-corrected chi connectivity index (χ3v) is 3.48. The molecule has 0 aliphatic carbocycles. The summed E-state index contributed by atoms with van der Waals surface area (Å²) in [6.07, 6.45) is 3.75. The average molecular weight is 341 g/mol. The molecule has 1 atom stereocenters. The Balaban J connectivity index is 1.92. The molecular weight excluding hydrogens is 327 g/mol. The highest BCUT2D eigenvalue weighted by Crippen LogP contribution is 2.16. The number of nitrogens with one attached hydrogen (secondary N) is 2. The number of piperidine rings is 1. The van der Waals surface area contributed by atoms with E-state index in [0.717, 1.165) is 4.47 Å². The van der Waals surface area contributed by atoms with Crippen molar-refractivity contribution in [2.75, 3.05) is 6.54 Å². The van der Waals surface area contributed by atoms with E-state index < -0.39 is 0 Å². The van der Waals surface area contributed by atoms with Crippen LogP contribution in [0.2, 0.25) is 0 Å². The largest absolute Gasteiger partial charge is 0.354 e. The van der Waals surface area contributed by atoms with Crippen LogP contribution < -0.4 is 10.6 Å². The van der Waals surface area contributed by atoms with E-state index in [9.17, 15) is 14.0 Å². The van der Waals surface area contributed by atoms with Gasteiger partial charge in [0.1, 0.15) is 5.82 Å². The predicted molar refractivity (Wildman–Crippen MR) is 77.3 cm³/mol. The quantitative estimate of drug-likeness (QED) is 0.827. The van der Waals surface area contributed by atoms with Crippen LogP contribution in [0.5, 0.6) is 0 Å². The van der Waals surface area contributed by atoms with Gasteiger partial charge in [-0.05, 0) is 30.7 Å². The Bertz CT molecular complexity index is 550. The number of amides is 2. The zero-order valence-electron chi connectivity index (χ0n) is 10.7. The van der Waals surface area contributed by atoms with E-state index in [0.29, 0.717) is 24.9 Å². The molecule has 1 fully saturated rings. The van der Waals surface area contributed by atoms with Crippen molar-refractivity contribution < 1.29 is 14.0 Å². The Kier molecular flexibility index (Phi) is 4.89. The van der Waals surface area contributed by atoms with Gasteiger partial charge in [0.25, 0.3) is 0 Å². The Morgan fingerprint density at radius 2 is 2.30 bits per heavy atom. The summed E-state index contributed by atoms with van der Waals surface area (Å²) >= 11 is 3.25. The molecule has 0 saturated carbocycles. The van der Waals surface area contributed by atoms with Gasteiger partial charge in [0.2, 0.25) is 11.8 Å². The lowest BCUT2D eigenvalue weighted by Gasteiger charge is -2.22. The fraction of sp³-hybridized carbons (Fsp3) is 0.286. The molecule has 1 aromatic rings. The molecule has 1 heterocycles. The van der Waals surface area contributed by atoms with Crippen molar-refractivity contribution in [3.8, 4) is 0 Å². The Morgan fingerprint density at radius 3 is 3.00 bits per heavy atom. The summed E-state index contributed by atoms with van der Waals surface area (Å²) in [5.41, 5.74) is 0.339. The van der Waals surface area contributed by atoms with Crippen LogP contribution in [-0.2, 0) is 9.59 Å². The maximum Gasteiger partial charge on any atom is 0.244 e. The first-order chi connectivity index (χ1) is 9.54. The first-order valence-corrected chi connectivity index (χ1v) is 7.04. The number of benzene rings is 1. The Labute approximate surface area is 124 Å². The van der Waals surface area contributed by atoms with E-state index in [2.05, 4.69) is 26.6 Å². The first kappa shape index (κ1) is 14.7. The number of rotatable bonds is 3. The lowest BCUT2D eigenvalue weighted by molar-refractivity contribution is -0.124. The molecular formula is C14H14BrFN2O2. The van der Waals surface area contributed by atoms with Crippen LogP contribution in [0.4, 0.5) is 4.39 Å². The van der Waals surface area contributed by atoms with Crippen molar-refractivity contribution in [3.05, 3.63) is 40.1 Å². The Morgan fingerprint density at radius 1 is 1.50 bits per heavy atom. The van der Waals surface area contributed by atoms with E-state index in [1.165, 1.54) is 18.2 Å². The van der Waals surface area contributed by atoms with E-state index in [4.69, 9.17) is 0 Å². The molecule has 1 aromatic carbocycles. The molecule has 2 N–H and O–H groups in total. The van der Waals surface area contributed by atoms with Crippen LogP contribution in [0, 0.1) is 5.82 Å². The normalized spacial score (nSPS) is 18.9. The number of hydrogen-bond acceptors (Lipinski definition) is 2. The monoisotopic (exact) mass is 340 g/mol. The van der Waals surface area contributed by atoms with Gasteiger partial charge in [0.05, 0.1) is 0 Å². The van der Waals surface area contributed by atoms with E-state index >= 15 is 0 Å². The second-order valence-electron chi connectivity index (χ2n) is 4.55. The number of carbonyl (C=O) groups excluding carboxylic acids is 2. The molecule has 4 nitrogen and oxygen atoms in total. The van der Waals surface area contributed by atoms with Crippen molar-refractivity contribution in [1.82, 2.24) is 10.6 Å². The first-order valence-electron chi connectivity index (χ1n) is 6.25. The lowest BCUT2D eigenvalue weighted by atomic mass is 10.1. The highest BCUT2D eigenvalue weighted by Gasteiger charge is 2.18. The van der Waals surface area contributed by atoms with Crippen molar-refractivity contribution in [2.45, 2.75) is 18.9 Å². The maximum absolute atomic E-state index is 13.5. The van der Waals surface area contributed by atoms with Crippen LogP contribution in [0.15, 0.2) is 28.7 Å². The summed E-state index contributed by atoms with van der Waals surface area (Å²) in [6.45, 7) is 0.434. The maximum atomic E-state index is 13.5. The second-order valence-corrected chi connectivity index (χ2v) is 5.46. The molecule has 1 saturated heterocycles. The molecule has 1 aliphatic rings. The molecule has 0 bridgehead atoms. The van der Waals surface area contributed by atoms with Gasteiger partial charge >= 0.3 is 0 Å². The average Bonchev–Trinajstić information content (AvgIpc) is 2.42. The second kappa shape index (κ2) is 6.65. The van der Waals surface area contributed by atoms with Crippen molar-refractivity contribution in [2.24, 2.45) is 0 Å². The minimum atomic E-state index is -0.387. The molecule has 0 radical (unpaired) electrons. The molecule has 0 aromatic heterocycles. The van der Waals surface area contributed by atoms with Gasteiger partial charge in [-0.3, -0.25) is 9.59 Å². The number of carbonyl (C=O) groups is 2. The molecule has 0 spiro atoms. The van der Waals surface area contributed by atoms with Crippen LogP contribution in [0.1, 0.15) is 18.4 Å². The number of halogens is 2. The molecule has 106 valence electrons. The topological polar surface area (TPSA) is 58.2 Å². The fourth-order valence-corrected chi connectivity index (χ4v) is 2.29. The highest BCUT2D eigenvalue weighted by molar-refractivity contribution is 9.10. The molecule has 20 heavy (non-hydrogen) atoms. The van der Waals surface area contributed by atoms with Gasteiger partial charge in [0.15, 0.2) is 0 Å². The summed E-state index contributed by atoms with van der Waals surface area (Å²) in [6, 6.07) is 4.45. The summed E-state index contributed by atoms with van der Waals surface area (Å²) in [5.74, 6) is -0.685. The minimum Gasteiger partial charge on any atom is -0.354 e. The smallest absolute Gasteiger partial charge is 0.244 e. The number of hydrogen-bond donors (Lipinski definition) is 2. The van der Waals surface area contributed by atoms with Crippen molar-refractivity contribution in [1.29, 1.82) is 0 Å². The molecule has 1 aliphatic heterocycles. The SMILES string of the molecule is O=C(C=Cc1cc(Br)ccc1F)NC1CCC(=O)NC1. The highest BCUT2D eigenvalue weighted by atomic mass is 79.9. The molecule has 2 rings (SSSR count). The van der Waals surface area contributed by atoms with E-state index in [1.807, 2.05) is 0 Å². The van der Waals surface area contributed by atoms with Gasteiger partial charge in [-0.25, -0.2) is 4.39 Å². The summed E-state index contributed by atoms with van der Waals surface area (Å²) in [4.78, 5) is 22.7. The molecule has 1 unspecified atom stereocenters. The van der Waals surface area contributed by atoms with Gasteiger partial charge in [-0.15, -0.1) is 0 Å². The van der Waals surface area contributed by atoms with Crippen molar-refractivity contribution in [3.63, 3.8) is 0 Å². The molecule has 6 heteroatoms. The third kappa shape index (κ3) is 4.16. The van der Waals surface area contributed by atoms with E-state index in [-0.39, 0.29) is 23.7 Å². The standard InChI is InChI=1S/C14H14BrFN2O2/c15-10-2-4-12(16)9(7-10)1-5-14(20)18-11-3-6-13(19)17-8-11/h1-2,4-5,7,11H,3,6,8H2,(H,17,19)(H,18,20). The summed E-state index contributed by atoms with van der Waals surface area (Å²) < 4.78 is 14.2. The van der Waals surface area contributed by atoms with Gasteiger partial charge < -0.3 is 10.6 Å². The Hall–Kier alpha value is -1.69. The van der Waals surface area contributed by atoms with Crippen LogP contribution in [0.3, 0.4) is 0 Å². The van der Waals surface area contributed by atoms with Gasteiger partial charge in [-0.2, -0.15) is 0 Å². The van der Waals surface area contributed by atoms with E-state index in [1.54, 1.807) is 12.1 Å². The van der Waals surface area contributed by atoms with Crippen molar-refractivity contribution >= 4 is 33.8 Å². The van der Waals surface area contributed by atoms with Gasteiger partial charge in [-0.1, -0.05) is 15.9 Å². The van der Waals surface area contributed by atoms with Gasteiger partial charge in [0, 0.05) is 35.1 Å². The van der Waals surface area contributed by atoms with Crippen LogP contribution >= 0.6 is 15.9 Å². The minimum absolute atomic E-state index is 0.00208. The fourth-order valence-electron chi connectivity index (χ4n) is 1.91. The summed E-state index contributed by atoms with van der Waals surface area (Å²) in [5, 5.41) is 5.45. The third-order valence-electron chi connectivity index (χ3n) is 2.98. The van der Waals surface area contributed by atoms with Crippen LogP contribution in [-0.4, -0.2) is 24.4 Å².